The summed E-state index contributed by atoms with van der Waals surface area (Å²) in [5, 5.41) is 4.30. The Morgan fingerprint density at radius 2 is 2.16 bits per heavy atom. The second kappa shape index (κ2) is 6.62. The van der Waals surface area contributed by atoms with Crippen LogP contribution in [0.5, 0.6) is 0 Å². The second-order valence-corrected chi connectivity index (χ2v) is 6.21. The number of hydrogen-bond donors (Lipinski definition) is 1. The van der Waals surface area contributed by atoms with Gasteiger partial charge in [0.1, 0.15) is 0 Å². The normalized spacial score (nSPS) is 23.1. The molecule has 19 heavy (non-hydrogen) atoms. The van der Waals surface area contributed by atoms with Crippen LogP contribution < -0.4 is 10.2 Å². The average Bonchev–Trinajstić information content (AvgIpc) is 2.69. The lowest BCUT2D eigenvalue weighted by Gasteiger charge is -2.25. The summed E-state index contributed by atoms with van der Waals surface area (Å²) in [7, 11) is 0. The Kier molecular flexibility index (Phi) is 5.12. The van der Waals surface area contributed by atoms with Gasteiger partial charge in [-0.3, -0.25) is 0 Å². The molecule has 1 heterocycles. The summed E-state index contributed by atoms with van der Waals surface area (Å²) in [6.07, 6.45) is 2.42. The molecule has 1 N–H and O–H groups in total. The third-order valence-electron chi connectivity index (χ3n) is 3.86. The summed E-state index contributed by atoms with van der Waals surface area (Å²) in [5.41, 5.74) is 2.46. The number of rotatable bonds is 5. The molecule has 1 aromatic carbocycles. The molecule has 1 aliphatic heterocycles. The molecule has 0 amide bonds. The number of hydrogen-bond acceptors (Lipinski definition) is 2. The van der Waals surface area contributed by atoms with E-state index in [-0.39, 0.29) is 0 Å². The van der Waals surface area contributed by atoms with Crippen molar-refractivity contribution in [1.29, 1.82) is 0 Å². The summed E-state index contributed by atoms with van der Waals surface area (Å²) in [5.74, 6) is 0.761. The predicted molar refractivity (Wildman–Crippen MR) is 84.0 cm³/mol. The van der Waals surface area contributed by atoms with Crippen LogP contribution >= 0.6 is 11.6 Å². The number of nitrogens with one attached hydrogen (secondary N) is 1. The van der Waals surface area contributed by atoms with E-state index in [9.17, 15) is 0 Å². The third kappa shape index (κ3) is 3.64. The van der Waals surface area contributed by atoms with Gasteiger partial charge in [-0.2, -0.15) is 0 Å². The minimum absolute atomic E-state index is 0.594. The van der Waals surface area contributed by atoms with Crippen molar-refractivity contribution in [3.8, 4) is 0 Å². The van der Waals surface area contributed by atoms with Crippen LogP contribution in [-0.4, -0.2) is 19.1 Å². The van der Waals surface area contributed by atoms with E-state index in [4.69, 9.17) is 11.6 Å². The maximum Gasteiger partial charge on any atom is 0.0642 e. The molecule has 0 radical (unpaired) electrons. The number of nitrogens with zero attached hydrogens (tertiary/aromatic N) is 1. The van der Waals surface area contributed by atoms with Crippen LogP contribution in [-0.2, 0) is 6.54 Å². The van der Waals surface area contributed by atoms with E-state index in [1.165, 1.54) is 17.7 Å². The largest absolute Gasteiger partial charge is 0.367 e. The van der Waals surface area contributed by atoms with Gasteiger partial charge in [0.2, 0.25) is 0 Å². The third-order valence-corrected chi connectivity index (χ3v) is 4.16. The Morgan fingerprint density at radius 3 is 2.74 bits per heavy atom. The van der Waals surface area contributed by atoms with E-state index in [0.29, 0.717) is 6.04 Å². The van der Waals surface area contributed by atoms with Gasteiger partial charge in [0, 0.05) is 19.1 Å². The van der Waals surface area contributed by atoms with Gasteiger partial charge in [-0.1, -0.05) is 31.5 Å². The molecule has 0 saturated carbocycles. The molecular weight excluding hydrogens is 256 g/mol. The quantitative estimate of drug-likeness (QED) is 0.818. The van der Waals surface area contributed by atoms with Crippen LogP contribution in [0.25, 0.3) is 0 Å². The zero-order chi connectivity index (χ0) is 13.8. The van der Waals surface area contributed by atoms with Crippen LogP contribution in [0, 0.1) is 5.92 Å². The van der Waals surface area contributed by atoms with E-state index in [2.05, 4.69) is 49.2 Å². The first-order valence-corrected chi connectivity index (χ1v) is 7.75. The van der Waals surface area contributed by atoms with Crippen molar-refractivity contribution in [1.82, 2.24) is 5.32 Å². The van der Waals surface area contributed by atoms with Gasteiger partial charge in [0.15, 0.2) is 0 Å². The van der Waals surface area contributed by atoms with Gasteiger partial charge in [-0.15, -0.1) is 0 Å². The highest BCUT2D eigenvalue weighted by atomic mass is 35.5. The standard InChI is InChI=1S/C16H25ClN2/c1-4-7-18-10-14-5-6-16(15(17)9-14)19-11-12(2)8-13(19)3/h5-6,9,12-13,18H,4,7-8,10-11H2,1-3H3. The van der Waals surface area contributed by atoms with Crippen molar-refractivity contribution in [2.75, 3.05) is 18.0 Å². The molecule has 2 atom stereocenters. The van der Waals surface area contributed by atoms with E-state index >= 15 is 0 Å². The summed E-state index contributed by atoms with van der Waals surface area (Å²) >= 11 is 6.47. The molecule has 106 valence electrons. The molecule has 1 saturated heterocycles. The van der Waals surface area contributed by atoms with E-state index in [1.807, 2.05) is 0 Å². The van der Waals surface area contributed by atoms with Crippen LogP contribution in [0.15, 0.2) is 18.2 Å². The Bertz CT molecular complexity index is 419. The van der Waals surface area contributed by atoms with Gasteiger partial charge in [-0.25, -0.2) is 0 Å². The first kappa shape index (κ1) is 14.7. The highest BCUT2D eigenvalue weighted by Crippen LogP contribution is 2.34. The summed E-state index contributed by atoms with van der Waals surface area (Å²) in [6, 6.07) is 7.07. The molecule has 1 fully saturated rings. The number of halogens is 1. The van der Waals surface area contributed by atoms with Crippen LogP contribution in [0.3, 0.4) is 0 Å². The van der Waals surface area contributed by atoms with E-state index < -0.39 is 0 Å². The van der Waals surface area contributed by atoms with Crippen molar-refractivity contribution in [3.05, 3.63) is 28.8 Å². The Labute approximate surface area is 122 Å². The topological polar surface area (TPSA) is 15.3 Å². The lowest BCUT2D eigenvalue weighted by molar-refractivity contribution is 0.625. The zero-order valence-corrected chi connectivity index (χ0v) is 13.0. The number of anilines is 1. The van der Waals surface area contributed by atoms with Crippen LogP contribution in [0.4, 0.5) is 5.69 Å². The second-order valence-electron chi connectivity index (χ2n) is 5.80. The molecule has 0 bridgehead atoms. The van der Waals surface area contributed by atoms with Gasteiger partial charge in [0.05, 0.1) is 10.7 Å². The summed E-state index contributed by atoms with van der Waals surface area (Å²) in [6.45, 7) is 9.86. The molecule has 1 aliphatic rings. The van der Waals surface area contributed by atoms with E-state index in [0.717, 1.165) is 37.0 Å². The highest BCUT2D eigenvalue weighted by molar-refractivity contribution is 6.33. The Morgan fingerprint density at radius 1 is 1.37 bits per heavy atom. The molecule has 3 heteroatoms. The Balaban J connectivity index is 2.06. The maximum absolute atomic E-state index is 6.47. The molecule has 2 nitrogen and oxygen atoms in total. The van der Waals surface area contributed by atoms with Crippen molar-refractivity contribution in [2.24, 2.45) is 5.92 Å². The van der Waals surface area contributed by atoms with Crippen molar-refractivity contribution < 1.29 is 0 Å². The molecule has 1 aromatic rings. The highest BCUT2D eigenvalue weighted by Gasteiger charge is 2.27. The monoisotopic (exact) mass is 280 g/mol. The fourth-order valence-corrected chi connectivity index (χ4v) is 3.25. The first-order valence-electron chi connectivity index (χ1n) is 7.37. The van der Waals surface area contributed by atoms with Crippen LogP contribution in [0.2, 0.25) is 5.02 Å². The fraction of sp³-hybridized carbons (Fsp3) is 0.625. The van der Waals surface area contributed by atoms with Crippen molar-refractivity contribution in [3.63, 3.8) is 0 Å². The summed E-state index contributed by atoms with van der Waals surface area (Å²) in [4.78, 5) is 2.44. The lowest BCUT2D eigenvalue weighted by atomic mass is 10.1. The molecule has 2 rings (SSSR count). The predicted octanol–water partition coefficient (Wildman–Crippen LogP) is 4.07. The smallest absolute Gasteiger partial charge is 0.0642 e. The number of benzene rings is 1. The minimum atomic E-state index is 0.594. The van der Waals surface area contributed by atoms with Gasteiger partial charge in [-0.05, 0) is 49.9 Å². The van der Waals surface area contributed by atoms with Crippen molar-refractivity contribution >= 4 is 17.3 Å². The molecule has 2 unspecified atom stereocenters. The Hall–Kier alpha value is -0.730. The maximum atomic E-state index is 6.47. The minimum Gasteiger partial charge on any atom is -0.367 e. The van der Waals surface area contributed by atoms with Crippen molar-refractivity contribution in [2.45, 2.75) is 46.2 Å². The van der Waals surface area contributed by atoms with E-state index in [1.54, 1.807) is 0 Å². The van der Waals surface area contributed by atoms with Crippen LogP contribution in [0.1, 0.15) is 39.2 Å². The van der Waals surface area contributed by atoms with Gasteiger partial charge < -0.3 is 10.2 Å². The molecular formula is C16H25ClN2. The first-order chi connectivity index (χ1) is 9.11. The van der Waals surface area contributed by atoms with Gasteiger partial charge in [0.25, 0.3) is 0 Å². The zero-order valence-electron chi connectivity index (χ0n) is 12.2. The van der Waals surface area contributed by atoms with Gasteiger partial charge >= 0.3 is 0 Å². The molecule has 0 aliphatic carbocycles. The fourth-order valence-electron chi connectivity index (χ4n) is 2.94. The summed E-state index contributed by atoms with van der Waals surface area (Å²) < 4.78 is 0. The molecule has 0 aromatic heterocycles. The lowest BCUT2D eigenvalue weighted by Crippen LogP contribution is -2.27. The average molecular weight is 281 g/mol. The SMILES string of the molecule is CCCNCc1ccc(N2CC(C)CC2C)c(Cl)c1. The molecule has 0 spiro atoms.